The zero-order valence-corrected chi connectivity index (χ0v) is 10.2. The van der Waals surface area contributed by atoms with Gasteiger partial charge < -0.3 is 4.74 Å². The molecule has 1 aliphatic carbocycles. The van der Waals surface area contributed by atoms with E-state index in [2.05, 4.69) is 23.5 Å². The highest BCUT2D eigenvalue weighted by atomic mass is 32.2. The molecule has 1 nitrogen and oxygen atoms in total. The van der Waals surface area contributed by atoms with Gasteiger partial charge in [-0.2, -0.15) is 11.8 Å². The van der Waals surface area contributed by atoms with Gasteiger partial charge >= 0.3 is 0 Å². The molecule has 2 saturated heterocycles. The van der Waals surface area contributed by atoms with E-state index in [1.165, 1.54) is 44.3 Å². The maximum atomic E-state index is 6.08. The summed E-state index contributed by atoms with van der Waals surface area (Å²) in [6.45, 7) is 1.01. The zero-order chi connectivity index (χ0) is 9.43. The number of fused-ring (bicyclic) bond motifs is 1. The second-order valence-electron chi connectivity index (χ2n) is 4.61. The number of thioether (sulfide) groups is 2. The summed E-state index contributed by atoms with van der Waals surface area (Å²) in [7, 11) is 0. The Kier molecular flexibility index (Phi) is 2.75. The van der Waals surface area contributed by atoms with E-state index in [0.29, 0.717) is 4.93 Å². The monoisotopic (exact) mass is 230 g/mol. The number of hydrogen-bond acceptors (Lipinski definition) is 3. The molecule has 0 radical (unpaired) electrons. The van der Waals surface area contributed by atoms with Crippen molar-refractivity contribution in [3.8, 4) is 0 Å². The van der Waals surface area contributed by atoms with Crippen LogP contribution >= 0.6 is 23.5 Å². The molecule has 2 heterocycles. The molecule has 0 spiro atoms. The highest BCUT2D eigenvalue weighted by Crippen LogP contribution is 2.62. The minimum absolute atomic E-state index is 0.314. The standard InChI is InChI=1S/C11H18OS2/c1-2-6-11(10(5-1)14-11)12-7-3-4-9-8-13-9/h9-10H,1-8H2. The van der Waals surface area contributed by atoms with Gasteiger partial charge in [-0.25, -0.2) is 0 Å². The lowest BCUT2D eigenvalue weighted by atomic mass is 9.98. The van der Waals surface area contributed by atoms with Crippen LogP contribution in [0.25, 0.3) is 0 Å². The molecule has 3 rings (SSSR count). The van der Waals surface area contributed by atoms with Gasteiger partial charge in [0, 0.05) is 22.9 Å². The van der Waals surface area contributed by atoms with E-state index in [9.17, 15) is 0 Å². The average molecular weight is 230 g/mol. The molecule has 3 fully saturated rings. The SMILES string of the molecule is C(COC12CCCCC1S2)CC1CS1. The van der Waals surface area contributed by atoms with Crippen LogP contribution in [-0.4, -0.2) is 27.8 Å². The Morgan fingerprint density at radius 2 is 2.29 bits per heavy atom. The van der Waals surface area contributed by atoms with Crippen molar-refractivity contribution in [1.82, 2.24) is 0 Å². The third-order valence-electron chi connectivity index (χ3n) is 3.44. The van der Waals surface area contributed by atoms with E-state index in [1.807, 2.05) is 0 Å². The maximum absolute atomic E-state index is 6.08. The summed E-state index contributed by atoms with van der Waals surface area (Å²) in [5.41, 5.74) is 0. The molecule has 80 valence electrons. The molecule has 0 aromatic rings. The number of ether oxygens (including phenoxy) is 1. The summed E-state index contributed by atoms with van der Waals surface area (Å²) in [4.78, 5) is 0.314. The van der Waals surface area contributed by atoms with E-state index in [1.54, 1.807) is 0 Å². The molecule has 3 heteroatoms. The summed E-state index contributed by atoms with van der Waals surface area (Å²) in [6.07, 6.45) is 8.22. The highest BCUT2D eigenvalue weighted by molar-refractivity contribution is 8.08. The second-order valence-corrected chi connectivity index (χ2v) is 7.44. The fraction of sp³-hybridized carbons (Fsp3) is 1.00. The first-order valence-electron chi connectivity index (χ1n) is 5.82. The van der Waals surface area contributed by atoms with Gasteiger partial charge in [0.1, 0.15) is 4.93 Å². The summed E-state index contributed by atoms with van der Waals surface area (Å²) >= 11 is 4.20. The molecular weight excluding hydrogens is 212 g/mol. The van der Waals surface area contributed by atoms with Crippen molar-refractivity contribution in [1.29, 1.82) is 0 Å². The Bertz CT molecular complexity index is 217. The topological polar surface area (TPSA) is 9.23 Å². The van der Waals surface area contributed by atoms with Crippen LogP contribution in [0.15, 0.2) is 0 Å². The largest absolute Gasteiger partial charge is 0.363 e. The zero-order valence-electron chi connectivity index (χ0n) is 8.54. The van der Waals surface area contributed by atoms with Gasteiger partial charge in [-0.1, -0.05) is 6.42 Å². The van der Waals surface area contributed by atoms with Crippen LogP contribution in [0.1, 0.15) is 38.5 Å². The van der Waals surface area contributed by atoms with Crippen molar-refractivity contribution in [3.05, 3.63) is 0 Å². The Morgan fingerprint density at radius 1 is 1.36 bits per heavy atom. The summed E-state index contributed by atoms with van der Waals surface area (Å²) in [6, 6.07) is 0. The minimum Gasteiger partial charge on any atom is -0.363 e. The molecule has 3 atom stereocenters. The van der Waals surface area contributed by atoms with Crippen molar-refractivity contribution < 1.29 is 4.74 Å². The third-order valence-corrected chi connectivity index (χ3v) is 6.13. The second kappa shape index (κ2) is 3.91. The Hall–Kier alpha value is 0.660. The molecule has 0 N–H and O–H groups in total. The van der Waals surface area contributed by atoms with Gasteiger partial charge in [0.25, 0.3) is 0 Å². The lowest BCUT2D eigenvalue weighted by molar-refractivity contribution is 0.0305. The van der Waals surface area contributed by atoms with E-state index < -0.39 is 0 Å². The smallest absolute Gasteiger partial charge is 0.126 e. The van der Waals surface area contributed by atoms with Crippen LogP contribution in [0.5, 0.6) is 0 Å². The fourth-order valence-electron chi connectivity index (χ4n) is 2.40. The van der Waals surface area contributed by atoms with Crippen molar-refractivity contribution in [2.75, 3.05) is 12.4 Å². The van der Waals surface area contributed by atoms with E-state index in [4.69, 9.17) is 4.74 Å². The Balaban J connectivity index is 1.35. The molecular formula is C11H18OS2. The van der Waals surface area contributed by atoms with Gasteiger partial charge in [-0.3, -0.25) is 0 Å². The van der Waals surface area contributed by atoms with Crippen LogP contribution in [-0.2, 0) is 4.74 Å². The molecule has 0 amide bonds. The average Bonchev–Trinajstić information content (AvgIpc) is 3.08. The maximum Gasteiger partial charge on any atom is 0.126 e. The van der Waals surface area contributed by atoms with Gasteiger partial charge in [-0.05, 0) is 32.1 Å². The molecule has 14 heavy (non-hydrogen) atoms. The molecule has 0 aromatic heterocycles. The first-order chi connectivity index (χ1) is 6.89. The van der Waals surface area contributed by atoms with Gasteiger partial charge in [-0.15, -0.1) is 11.8 Å². The quantitative estimate of drug-likeness (QED) is 0.530. The highest BCUT2D eigenvalue weighted by Gasteiger charge is 2.57. The number of hydrogen-bond donors (Lipinski definition) is 0. The molecule has 0 aromatic carbocycles. The van der Waals surface area contributed by atoms with Crippen LogP contribution < -0.4 is 0 Å². The van der Waals surface area contributed by atoms with Crippen LogP contribution in [0.2, 0.25) is 0 Å². The van der Waals surface area contributed by atoms with Crippen LogP contribution in [0, 0.1) is 0 Å². The lowest BCUT2D eigenvalue weighted by Crippen LogP contribution is -2.23. The fourth-order valence-corrected chi connectivity index (χ4v) is 4.45. The van der Waals surface area contributed by atoms with Crippen molar-refractivity contribution in [2.24, 2.45) is 0 Å². The van der Waals surface area contributed by atoms with Gasteiger partial charge in [0.05, 0.1) is 0 Å². The Morgan fingerprint density at radius 3 is 3.07 bits per heavy atom. The van der Waals surface area contributed by atoms with Crippen LogP contribution in [0.3, 0.4) is 0 Å². The molecule has 0 bridgehead atoms. The normalized spacial score (nSPS) is 44.6. The van der Waals surface area contributed by atoms with Gasteiger partial charge in [0.2, 0.25) is 0 Å². The van der Waals surface area contributed by atoms with E-state index in [0.717, 1.165) is 17.1 Å². The first kappa shape index (κ1) is 9.86. The van der Waals surface area contributed by atoms with E-state index >= 15 is 0 Å². The van der Waals surface area contributed by atoms with Crippen molar-refractivity contribution in [3.63, 3.8) is 0 Å². The molecule has 3 unspecified atom stereocenters. The van der Waals surface area contributed by atoms with Gasteiger partial charge in [0.15, 0.2) is 0 Å². The first-order valence-corrected chi connectivity index (χ1v) is 7.75. The summed E-state index contributed by atoms with van der Waals surface area (Å²) in [5, 5.41) is 1.86. The predicted molar refractivity (Wildman–Crippen MR) is 64.0 cm³/mol. The number of rotatable bonds is 5. The van der Waals surface area contributed by atoms with E-state index in [-0.39, 0.29) is 0 Å². The summed E-state index contributed by atoms with van der Waals surface area (Å²) < 4.78 is 6.08. The predicted octanol–water partition coefficient (Wildman–Crippen LogP) is 3.28. The van der Waals surface area contributed by atoms with Crippen LogP contribution in [0.4, 0.5) is 0 Å². The summed E-state index contributed by atoms with van der Waals surface area (Å²) in [5.74, 6) is 1.41. The molecule has 3 aliphatic rings. The van der Waals surface area contributed by atoms with Crippen molar-refractivity contribution >= 4 is 23.5 Å². The Labute approximate surface area is 94.7 Å². The molecule has 2 aliphatic heterocycles. The van der Waals surface area contributed by atoms with Crippen molar-refractivity contribution in [2.45, 2.75) is 54.0 Å². The lowest BCUT2D eigenvalue weighted by Gasteiger charge is -2.20. The minimum atomic E-state index is 0.314. The molecule has 1 saturated carbocycles. The third kappa shape index (κ3) is 2.10.